The highest BCUT2D eigenvalue weighted by Gasteiger charge is 2.38. The highest BCUT2D eigenvalue weighted by Crippen LogP contribution is 2.38. The van der Waals surface area contributed by atoms with E-state index in [-0.39, 0.29) is 0 Å². The van der Waals surface area contributed by atoms with Crippen LogP contribution >= 0.6 is 15.9 Å². The Morgan fingerprint density at radius 3 is 2.88 bits per heavy atom. The van der Waals surface area contributed by atoms with Gasteiger partial charge in [-0.25, -0.2) is 4.39 Å². The van der Waals surface area contributed by atoms with Crippen molar-refractivity contribution < 1.29 is 14.2 Å². The fourth-order valence-corrected chi connectivity index (χ4v) is 2.61. The van der Waals surface area contributed by atoms with Crippen molar-refractivity contribution in [1.29, 1.82) is 0 Å². The van der Waals surface area contributed by atoms with Crippen LogP contribution in [0.2, 0.25) is 0 Å². The Morgan fingerprint density at radius 1 is 1.47 bits per heavy atom. The van der Waals surface area contributed by atoms with Crippen molar-refractivity contribution in [2.24, 2.45) is 0 Å². The predicted molar refractivity (Wildman–Crippen MR) is 67.3 cm³/mol. The molecule has 2 nitrogen and oxygen atoms in total. The molecule has 0 radical (unpaired) electrons. The summed E-state index contributed by atoms with van der Waals surface area (Å²) in [6, 6.07) is 4.95. The highest BCUT2D eigenvalue weighted by molar-refractivity contribution is 9.10. The standard InChI is InChI=1S/C13H16BrFO2/c1-13(7-2-3-8-17-13)12(16)9-5-4-6-10(14)11(9)15/h4-6,12,16H,2-3,7-8H2,1H3. The number of hydrogen-bond acceptors (Lipinski definition) is 2. The van der Waals surface area contributed by atoms with Gasteiger partial charge in [0.15, 0.2) is 0 Å². The molecule has 1 heterocycles. The Morgan fingerprint density at radius 2 is 2.24 bits per heavy atom. The van der Waals surface area contributed by atoms with Crippen molar-refractivity contribution in [3.05, 3.63) is 34.1 Å². The first-order valence-electron chi connectivity index (χ1n) is 5.80. The van der Waals surface area contributed by atoms with Gasteiger partial charge in [0.05, 0.1) is 10.1 Å². The van der Waals surface area contributed by atoms with Gasteiger partial charge < -0.3 is 9.84 Å². The summed E-state index contributed by atoms with van der Waals surface area (Å²) < 4.78 is 19.9. The van der Waals surface area contributed by atoms with Crippen LogP contribution in [0.1, 0.15) is 37.9 Å². The highest BCUT2D eigenvalue weighted by atomic mass is 79.9. The van der Waals surface area contributed by atoms with E-state index >= 15 is 0 Å². The van der Waals surface area contributed by atoms with Crippen LogP contribution in [-0.2, 0) is 4.74 Å². The lowest BCUT2D eigenvalue weighted by molar-refractivity contribution is -0.139. The lowest BCUT2D eigenvalue weighted by Gasteiger charge is -2.38. The molecule has 1 aliphatic rings. The van der Waals surface area contributed by atoms with Gasteiger partial charge in [0.25, 0.3) is 0 Å². The molecule has 2 rings (SSSR count). The average Bonchev–Trinajstić information content (AvgIpc) is 2.33. The Hall–Kier alpha value is -0.450. The third kappa shape index (κ3) is 2.54. The Bertz CT molecular complexity index is 402. The van der Waals surface area contributed by atoms with Gasteiger partial charge in [-0.2, -0.15) is 0 Å². The number of rotatable bonds is 2. The summed E-state index contributed by atoms with van der Waals surface area (Å²) in [4.78, 5) is 0. The Balaban J connectivity index is 2.29. The molecule has 1 aromatic rings. The maximum absolute atomic E-state index is 13.9. The monoisotopic (exact) mass is 302 g/mol. The maximum atomic E-state index is 13.9. The lowest BCUT2D eigenvalue weighted by atomic mass is 9.86. The molecule has 0 spiro atoms. The van der Waals surface area contributed by atoms with E-state index < -0.39 is 17.5 Å². The SMILES string of the molecule is CC1(C(O)c2cccc(Br)c2F)CCCCO1. The molecular weight excluding hydrogens is 287 g/mol. The first-order chi connectivity index (χ1) is 8.04. The molecule has 0 aromatic heterocycles. The molecule has 17 heavy (non-hydrogen) atoms. The second kappa shape index (κ2) is 5.04. The third-order valence-electron chi connectivity index (χ3n) is 3.35. The van der Waals surface area contributed by atoms with Crippen molar-refractivity contribution in [2.45, 2.75) is 37.9 Å². The molecule has 1 fully saturated rings. The van der Waals surface area contributed by atoms with Crippen LogP contribution < -0.4 is 0 Å². The van der Waals surface area contributed by atoms with Crippen LogP contribution in [-0.4, -0.2) is 17.3 Å². The van der Waals surface area contributed by atoms with E-state index in [4.69, 9.17) is 4.74 Å². The predicted octanol–water partition coefficient (Wildman–Crippen LogP) is 3.58. The number of aliphatic hydroxyl groups excluding tert-OH is 1. The molecule has 1 N–H and O–H groups in total. The van der Waals surface area contributed by atoms with Gasteiger partial charge in [-0.05, 0) is 48.2 Å². The minimum absolute atomic E-state index is 0.295. The van der Waals surface area contributed by atoms with Crippen molar-refractivity contribution in [3.8, 4) is 0 Å². The zero-order chi connectivity index (χ0) is 12.5. The van der Waals surface area contributed by atoms with E-state index in [1.165, 1.54) is 0 Å². The zero-order valence-corrected chi connectivity index (χ0v) is 11.3. The number of aliphatic hydroxyl groups is 1. The van der Waals surface area contributed by atoms with Gasteiger partial charge >= 0.3 is 0 Å². The summed E-state index contributed by atoms with van der Waals surface area (Å²) in [6.45, 7) is 2.47. The molecule has 1 aliphatic heterocycles. The molecule has 0 bridgehead atoms. The summed E-state index contributed by atoms with van der Waals surface area (Å²) in [6.07, 6.45) is 1.83. The van der Waals surface area contributed by atoms with E-state index in [0.717, 1.165) is 19.3 Å². The summed E-state index contributed by atoms with van der Waals surface area (Å²) in [5.74, 6) is -0.407. The first-order valence-corrected chi connectivity index (χ1v) is 6.60. The number of hydrogen-bond donors (Lipinski definition) is 1. The second-order valence-corrected chi connectivity index (χ2v) is 5.52. The summed E-state index contributed by atoms with van der Waals surface area (Å²) in [7, 11) is 0. The fourth-order valence-electron chi connectivity index (χ4n) is 2.23. The quantitative estimate of drug-likeness (QED) is 0.905. The van der Waals surface area contributed by atoms with Crippen LogP contribution in [0.5, 0.6) is 0 Å². The molecule has 0 saturated carbocycles. The van der Waals surface area contributed by atoms with E-state index in [2.05, 4.69) is 15.9 Å². The van der Waals surface area contributed by atoms with Gasteiger partial charge in [-0.3, -0.25) is 0 Å². The minimum Gasteiger partial charge on any atom is -0.385 e. The van der Waals surface area contributed by atoms with E-state index in [9.17, 15) is 9.50 Å². The third-order valence-corrected chi connectivity index (χ3v) is 3.97. The molecule has 0 amide bonds. The van der Waals surface area contributed by atoms with Crippen LogP contribution in [0.25, 0.3) is 0 Å². The summed E-state index contributed by atoms with van der Waals surface area (Å²) in [5.41, 5.74) is -0.386. The van der Waals surface area contributed by atoms with Gasteiger partial charge in [-0.15, -0.1) is 0 Å². The number of ether oxygens (including phenoxy) is 1. The van der Waals surface area contributed by atoms with Gasteiger partial charge in [0.1, 0.15) is 11.9 Å². The molecule has 0 aliphatic carbocycles. The van der Waals surface area contributed by atoms with Gasteiger partial charge in [0, 0.05) is 12.2 Å². The van der Waals surface area contributed by atoms with Crippen molar-refractivity contribution in [2.75, 3.05) is 6.61 Å². The molecular formula is C13H16BrFO2. The Labute approximate surface area is 109 Å². The van der Waals surface area contributed by atoms with Crippen LogP contribution in [0.3, 0.4) is 0 Å². The smallest absolute Gasteiger partial charge is 0.143 e. The molecule has 1 saturated heterocycles. The summed E-state index contributed by atoms with van der Waals surface area (Å²) in [5, 5.41) is 10.3. The first kappa shape index (κ1) is 13.0. The molecule has 94 valence electrons. The zero-order valence-electron chi connectivity index (χ0n) is 9.75. The normalized spacial score (nSPS) is 26.8. The van der Waals surface area contributed by atoms with E-state index in [0.29, 0.717) is 16.6 Å². The van der Waals surface area contributed by atoms with Gasteiger partial charge in [-0.1, -0.05) is 12.1 Å². The number of benzene rings is 1. The van der Waals surface area contributed by atoms with Crippen molar-refractivity contribution in [1.82, 2.24) is 0 Å². The molecule has 2 unspecified atom stereocenters. The second-order valence-electron chi connectivity index (χ2n) is 4.66. The van der Waals surface area contributed by atoms with Crippen LogP contribution in [0, 0.1) is 5.82 Å². The largest absolute Gasteiger partial charge is 0.385 e. The van der Waals surface area contributed by atoms with Crippen LogP contribution in [0.15, 0.2) is 22.7 Å². The number of halogens is 2. The lowest BCUT2D eigenvalue weighted by Crippen LogP contribution is -2.39. The van der Waals surface area contributed by atoms with Crippen molar-refractivity contribution in [3.63, 3.8) is 0 Å². The van der Waals surface area contributed by atoms with E-state index in [1.807, 2.05) is 6.92 Å². The van der Waals surface area contributed by atoms with Gasteiger partial charge in [0.2, 0.25) is 0 Å². The average molecular weight is 303 g/mol. The minimum atomic E-state index is -0.930. The van der Waals surface area contributed by atoms with Crippen molar-refractivity contribution >= 4 is 15.9 Å². The fraction of sp³-hybridized carbons (Fsp3) is 0.538. The molecule has 1 aromatic carbocycles. The maximum Gasteiger partial charge on any atom is 0.143 e. The topological polar surface area (TPSA) is 29.5 Å². The van der Waals surface area contributed by atoms with Crippen LogP contribution in [0.4, 0.5) is 4.39 Å². The molecule has 4 heteroatoms. The molecule has 2 atom stereocenters. The Kier molecular flexibility index (Phi) is 3.85. The summed E-state index contributed by atoms with van der Waals surface area (Å²) >= 11 is 3.13. The van der Waals surface area contributed by atoms with E-state index in [1.54, 1.807) is 18.2 Å².